The minimum Gasteiger partial charge on any atom is -0.493 e. The van der Waals surface area contributed by atoms with E-state index in [-0.39, 0.29) is 0 Å². The van der Waals surface area contributed by atoms with Crippen molar-refractivity contribution in [1.29, 1.82) is 0 Å². The van der Waals surface area contributed by atoms with Crippen LogP contribution >= 0.6 is 0 Å². The molecule has 1 aromatic carbocycles. The van der Waals surface area contributed by atoms with Crippen LogP contribution in [0.3, 0.4) is 0 Å². The first kappa shape index (κ1) is 24.6. The molecule has 3 heterocycles. The Hall–Kier alpha value is -3.50. The molecule has 0 aliphatic carbocycles. The van der Waals surface area contributed by atoms with Crippen LogP contribution in [-0.2, 0) is 11.5 Å². The number of hydrogen-bond donors (Lipinski definition) is 0. The predicted octanol–water partition coefficient (Wildman–Crippen LogP) is 4.89. The zero-order valence-corrected chi connectivity index (χ0v) is 22.0. The number of rotatable bonds is 10. The van der Waals surface area contributed by atoms with Gasteiger partial charge in [-0.05, 0) is 29.8 Å². The van der Waals surface area contributed by atoms with Crippen molar-refractivity contribution < 1.29 is 18.9 Å². The number of hydrogen-bond acceptors (Lipinski definition) is 8. The molecule has 10 heteroatoms. The molecule has 0 saturated heterocycles. The fraction of sp³-hybridized carbons (Fsp3) is 0.360. The number of ether oxygens (including phenoxy) is 4. The largest absolute Gasteiger partial charge is 0.493 e. The Morgan fingerprint density at radius 1 is 0.800 bits per heavy atom. The van der Waals surface area contributed by atoms with Crippen LogP contribution < -0.4 is 14.2 Å². The number of aromatic nitrogens is 5. The van der Waals surface area contributed by atoms with Crippen LogP contribution in [0.1, 0.15) is 0 Å². The molecule has 3 aromatic heterocycles. The second kappa shape index (κ2) is 10.4. The second-order valence-corrected chi connectivity index (χ2v) is 14.9. The Morgan fingerprint density at radius 3 is 2.17 bits per heavy atom. The molecule has 0 atom stereocenters. The van der Waals surface area contributed by atoms with Gasteiger partial charge >= 0.3 is 6.01 Å². The molecule has 0 fully saturated rings. The number of methoxy groups -OCH3 is 3. The van der Waals surface area contributed by atoms with Gasteiger partial charge in [0.05, 0.1) is 21.3 Å². The summed E-state index contributed by atoms with van der Waals surface area (Å²) >= 11 is 0. The summed E-state index contributed by atoms with van der Waals surface area (Å²) in [5.74, 6) is 1.32. The molecule has 0 amide bonds. The van der Waals surface area contributed by atoms with Crippen molar-refractivity contribution in [3.8, 4) is 39.9 Å². The van der Waals surface area contributed by atoms with Gasteiger partial charge in [-0.3, -0.25) is 0 Å². The van der Waals surface area contributed by atoms with E-state index in [1.165, 1.54) is 7.11 Å². The van der Waals surface area contributed by atoms with Crippen LogP contribution in [0.15, 0.2) is 42.9 Å². The summed E-state index contributed by atoms with van der Waals surface area (Å²) in [6, 6.07) is 9.24. The summed E-state index contributed by atoms with van der Waals surface area (Å²) in [7, 11) is 3.60. The maximum absolute atomic E-state index is 5.97. The average Bonchev–Trinajstić information content (AvgIpc) is 3.23. The highest BCUT2D eigenvalue weighted by Gasteiger charge is 2.18. The highest BCUT2D eigenvalue weighted by molar-refractivity contribution is 6.76. The van der Waals surface area contributed by atoms with Gasteiger partial charge in [0.15, 0.2) is 17.1 Å². The van der Waals surface area contributed by atoms with E-state index < -0.39 is 8.07 Å². The first-order valence-corrected chi connectivity index (χ1v) is 15.1. The molecule has 0 unspecified atom stereocenters. The minimum atomic E-state index is -1.18. The van der Waals surface area contributed by atoms with E-state index in [9.17, 15) is 0 Å². The topological polar surface area (TPSA) is 93.4 Å². The molecule has 0 spiro atoms. The van der Waals surface area contributed by atoms with E-state index in [2.05, 4.69) is 35.7 Å². The van der Waals surface area contributed by atoms with E-state index in [0.717, 1.165) is 39.5 Å². The number of nitrogens with zero attached hydrogens (tertiary/aromatic N) is 5. The van der Waals surface area contributed by atoms with Crippen molar-refractivity contribution in [2.45, 2.75) is 32.4 Å². The van der Waals surface area contributed by atoms with Gasteiger partial charge in [0.2, 0.25) is 0 Å². The maximum atomic E-state index is 5.97. The third-order valence-corrected chi connectivity index (χ3v) is 7.30. The summed E-state index contributed by atoms with van der Waals surface area (Å²) in [4.78, 5) is 13.3. The number of pyridine rings is 1. The molecule has 4 rings (SSSR count). The quantitative estimate of drug-likeness (QED) is 0.228. The molecule has 0 aliphatic heterocycles. The van der Waals surface area contributed by atoms with Crippen LogP contribution in [0.4, 0.5) is 0 Å². The van der Waals surface area contributed by atoms with Crippen LogP contribution in [-0.4, -0.2) is 60.7 Å². The summed E-state index contributed by atoms with van der Waals surface area (Å²) in [5, 5.41) is 5.69. The summed E-state index contributed by atoms with van der Waals surface area (Å²) in [6.45, 7) is 8.01. The van der Waals surface area contributed by atoms with Crippen LogP contribution in [0.2, 0.25) is 25.7 Å². The Bertz CT molecular complexity index is 1300. The lowest BCUT2D eigenvalue weighted by molar-refractivity contribution is 0.0814. The van der Waals surface area contributed by atoms with E-state index in [1.807, 2.05) is 24.4 Å². The maximum Gasteiger partial charge on any atom is 0.316 e. The molecule has 0 saturated carbocycles. The monoisotopic (exact) mass is 493 g/mol. The van der Waals surface area contributed by atoms with Crippen molar-refractivity contribution in [2.75, 3.05) is 27.9 Å². The first-order chi connectivity index (χ1) is 16.8. The van der Waals surface area contributed by atoms with Crippen molar-refractivity contribution in [3.05, 3.63) is 42.9 Å². The molecule has 0 aliphatic rings. The van der Waals surface area contributed by atoms with Gasteiger partial charge in [-0.1, -0.05) is 25.7 Å². The molecular weight excluding hydrogens is 462 g/mol. The lowest BCUT2D eigenvalue weighted by Crippen LogP contribution is -2.22. The standard InChI is InChI=1S/C25H31N5O4Si/c1-31-21-8-7-17(12-22(21)32-2)18-11-20-23(19-14-27-25(33-3)28-15-19)29-30(24(20)26-13-18)16-34-9-10-35(4,5)6/h7-8,11-15H,9-10,16H2,1-6H3. The second-order valence-electron chi connectivity index (χ2n) is 9.32. The van der Waals surface area contributed by atoms with Gasteiger partial charge in [0.1, 0.15) is 12.4 Å². The van der Waals surface area contributed by atoms with E-state index in [0.29, 0.717) is 30.8 Å². The molecule has 4 aromatic rings. The summed E-state index contributed by atoms with van der Waals surface area (Å²) in [6.07, 6.45) is 5.23. The zero-order valence-electron chi connectivity index (χ0n) is 21.0. The molecule has 0 radical (unpaired) electrons. The SMILES string of the molecule is COc1ncc(-c2nn(COCC[Si](C)(C)C)c3ncc(-c4ccc(OC)c(OC)c4)cc23)cn1. The smallest absolute Gasteiger partial charge is 0.316 e. The normalized spacial score (nSPS) is 11.6. The Kier molecular flexibility index (Phi) is 7.32. The molecule has 0 N–H and O–H groups in total. The fourth-order valence-corrected chi connectivity index (χ4v) is 4.37. The van der Waals surface area contributed by atoms with Crippen LogP contribution in [0, 0.1) is 0 Å². The minimum absolute atomic E-state index is 0.302. The molecule has 184 valence electrons. The molecular formula is C25H31N5O4Si. The number of benzene rings is 1. The summed E-state index contributed by atoms with van der Waals surface area (Å²) in [5.41, 5.74) is 4.10. The van der Waals surface area contributed by atoms with Gasteiger partial charge in [-0.25, -0.2) is 19.6 Å². The van der Waals surface area contributed by atoms with Crippen molar-refractivity contribution in [3.63, 3.8) is 0 Å². The van der Waals surface area contributed by atoms with Crippen LogP contribution in [0.25, 0.3) is 33.4 Å². The highest BCUT2D eigenvalue weighted by atomic mass is 28.3. The van der Waals surface area contributed by atoms with E-state index >= 15 is 0 Å². The third-order valence-electron chi connectivity index (χ3n) is 5.60. The Labute approximate surface area is 206 Å². The van der Waals surface area contributed by atoms with Crippen molar-refractivity contribution in [2.24, 2.45) is 0 Å². The van der Waals surface area contributed by atoms with Gasteiger partial charge in [-0.2, -0.15) is 5.10 Å². The van der Waals surface area contributed by atoms with E-state index in [4.69, 9.17) is 29.0 Å². The predicted molar refractivity (Wildman–Crippen MR) is 138 cm³/mol. The van der Waals surface area contributed by atoms with Gasteiger partial charge < -0.3 is 18.9 Å². The summed E-state index contributed by atoms with van der Waals surface area (Å²) < 4.78 is 23.7. The lowest BCUT2D eigenvalue weighted by Gasteiger charge is -2.15. The van der Waals surface area contributed by atoms with E-state index in [1.54, 1.807) is 31.3 Å². The number of fused-ring (bicyclic) bond motifs is 1. The average molecular weight is 494 g/mol. The van der Waals surface area contributed by atoms with Gasteiger partial charge in [-0.15, -0.1) is 0 Å². The Balaban J connectivity index is 1.74. The van der Waals surface area contributed by atoms with Gasteiger partial charge in [0, 0.05) is 49.8 Å². The van der Waals surface area contributed by atoms with Gasteiger partial charge in [0.25, 0.3) is 0 Å². The van der Waals surface area contributed by atoms with Crippen molar-refractivity contribution >= 4 is 19.1 Å². The molecule has 9 nitrogen and oxygen atoms in total. The van der Waals surface area contributed by atoms with Crippen LogP contribution in [0.5, 0.6) is 17.5 Å². The molecule has 35 heavy (non-hydrogen) atoms. The first-order valence-electron chi connectivity index (χ1n) is 11.4. The Morgan fingerprint density at radius 2 is 1.51 bits per heavy atom. The highest BCUT2D eigenvalue weighted by Crippen LogP contribution is 2.35. The van der Waals surface area contributed by atoms with Crippen molar-refractivity contribution in [1.82, 2.24) is 24.7 Å². The molecule has 0 bridgehead atoms. The zero-order chi connectivity index (χ0) is 25.0. The fourth-order valence-electron chi connectivity index (χ4n) is 3.61. The lowest BCUT2D eigenvalue weighted by atomic mass is 10.0. The third kappa shape index (κ3) is 5.60.